The molecule has 1 saturated heterocycles. The Labute approximate surface area is 163 Å². The normalized spacial score (nSPS) is 14.5. The molecule has 148 valence electrons. The molecule has 3 aromatic rings. The quantitative estimate of drug-likeness (QED) is 0.473. The number of aromatic nitrogens is 3. The van der Waals surface area contributed by atoms with Crippen molar-refractivity contribution in [3.05, 3.63) is 30.2 Å². The van der Waals surface area contributed by atoms with E-state index >= 15 is 0 Å². The number of likely N-dealkylation sites (tertiary alicyclic amines) is 1. The molecule has 1 aromatic carbocycles. The fourth-order valence-corrected chi connectivity index (χ4v) is 3.58. The molecule has 1 amide bonds. The van der Waals surface area contributed by atoms with Crippen molar-refractivity contribution in [1.82, 2.24) is 19.5 Å². The van der Waals surface area contributed by atoms with E-state index in [0.717, 1.165) is 53.6 Å². The van der Waals surface area contributed by atoms with E-state index in [1.807, 2.05) is 30.0 Å². The number of imidazole rings is 1. The highest BCUT2D eigenvalue weighted by Gasteiger charge is 2.19. The van der Waals surface area contributed by atoms with Gasteiger partial charge in [0.05, 0.1) is 18.3 Å². The summed E-state index contributed by atoms with van der Waals surface area (Å²) < 4.78 is 12.9. The topological polar surface area (TPSA) is 95.5 Å². The molecule has 0 radical (unpaired) electrons. The Kier molecular flexibility index (Phi) is 5.29. The van der Waals surface area contributed by atoms with Gasteiger partial charge in [0.15, 0.2) is 5.82 Å². The summed E-state index contributed by atoms with van der Waals surface area (Å²) in [6.07, 6.45) is 4.18. The number of rotatable bonds is 8. The second-order valence-corrected chi connectivity index (χ2v) is 6.89. The van der Waals surface area contributed by atoms with Crippen molar-refractivity contribution in [2.45, 2.75) is 32.8 Å². The lowest BCUT2D eigenvalue weighted by atomic mass is 10.2. The van der Waals surface area contributed by atoms with Gasteiger partial charge in [0.1, 0.15) is 23.4 Å². The number of benzene rings is 1. The van der Waals surface area contributed by atoms with Crippen molar-refractivity contribution >= 4 is 27.8 Å². The highest BCUT2D eigenvalue weighted by molar-refractivity contribution is 6.02. The Morgan fingerprint density at radius 1 is 1.29 bits per heavy atom. The maximum Gasteiger partial charge on any atom is 0.222 e. The minimum Gasteiger partial charge on any atom is -0.493 e. The van der Waals surface area contributed by atoms with Gasteiger partial charge in [0.25, 0.3) is 0 Å². The van der Waals surface area contributed by atoms with Crippen LogP contribution >= 0.6 is 0 Å². The molecule has 8 heteroatoms. The van der Waals surface area contributed by atoms with Crippen LogP contribution < -0.4 is 10.6 Å². The lowest BCUT2D eigenvalue weighted by molar-refractivity contribution is -0.127. The summed E-state index contributed by atoms with van der Waals surface area (Å²) in [6, 6.07) is 5.78. The second-order valence-electron chi connectivity index (χ2n) is 6.89. The third-order valence-corrected chi connectivity index (χ3v) is 5.01. The van der Waals surface area contributed by atoms with Crippen LogP contribution in [0.2, 0.25) is 0 Å². The molecule has 2 N–H and O–H groups in total. The van der Waals surface area contributed by atoms with Crippen molar-refractivity contribution in [3.8, 4) is 5.75 Å². The number of nitrogens with two attached hydrogens (primary N) is 1. The monoisotopic (exact) mass is 383 g/mol. The first-order chi connectivity index (χ1) is 13.7. The summed E-state index contributed by atoms with van der Waals surface area (Å²) in [7, 11) is 0. The number of nitrogens with zero attached hydrogens (tertiary/aromatic N) is 4. The third-order valence-electron chi connectivity index (χ3n) is 5.01. The van der Waals surface area contributed by atoms with Crippen LogP contribution in [0.5, 0.6) is 5.75 Å². The zero-order valence-corrected chi connectivity index (χ0v) is 16.1. The van der Waals surface area contributed by atoms with Crippen molar-refractivity contribution in [3.63, 3.8) is 0 Å². The number of amides is 1. The van der Waals surface area contributed by atoms with E-state index in [4.69, 9.17) is 15.3 Å². The van der Waals surface area contributed by atoms with Crippen LogP contribution in [0, 0.1) is 0 Å². The standard InChI is InChI=1S/C20H25N5O3/c1-2-27-13-18-23-17-12-22-16-11-14(6-7-15(16)20(17)25(18)21)28-10-4-9-24-8-3-5-19(24)26/h6-7,11-12H,2-5,8-10,13,21H2,1H3. The summed E-state index contributed by atoms with van der Waals surface area (Å²) in [4.78, 5) is 22.6. The number of fused-ring (bicyclic) bond motifs is 3. The molecule has 1 aliphatic rings. The van der Waals surface area contributed by atoms with Gasteiger partial charge >= 0.3 is 0 Å². The molecule has 1 aliphatic heterocycles. The van der Waals surface area contributed by atoms with Crippen LogP contribution in [0.3, 0.4) is 0 Å². The molecule has 8 nitrogen and oxygen atoms in total. The Morgan fingerprint density at radius 2 is 2.18 bits per heavy atom. The Hall–Kier alpha value is -2.87. The Balaban J connectivity index is 1.47. The van der Waals surface area contributed by atoms with Gasteiger partial charge in [-0.05, 0) is 31.9 Å². The van der Waals surface area contributed by atoms with E-state index in [-0.39, 0.29) is 5.91 Å². The van der Waals surface area contributed by atoms with Crippen LogP contribution in [-0.2, 0) is 16.1 Å². The van der Waals surface area contributed by atoms with E-state index in [0.29, 0.717) is 32.1 Å². The van der Waals surface area contributed by atoms with Gasteiger partial charge in [-0.1, -0.05) is 0 Å². The molecule has 0 atom stereocenters. The molecule has 0 spiro atoms. The Morgan fingerprint density at radius 3 is 2.96 bits per heavy atom. The van der Waals surface area contributed by atoms with Gasteiger partial charge < -0.3 is 20.2 Å². The molecule has 4 rings (SSSR count). The van der Waals surface area contributed by atoms with Gasteiger partial charge in [-0.15, -0.1) is 0 Å². The number of hydrogen-bond acceptors (Lipinski definition) is 6. The van der Waals surface area contributed by atoms with E-state index in [1.165, 1.54) is 0 Å². The van der Waals surface area contributed by atoms with Crippen molar-refractivity contribution in [2.24, 2.45) is 0 Å². The number of hydrogen-bond donors (Lipinski definition) is 1. The Bertz CT molecular complexity index is 1000. The van der Waals surface area contributed by atoms with E-state index in [9.17, 15) is 4.79 Å². The average molecular weight is 383 g/mol. The number of pyridine rings is 1. The SMILES string of the molecule is CCOCc1nc2cnc3cc(OCCCN4CCCC4=O)ccc3c2n1N. The van der Waals surface area contributed by atoms with Crippen molar-refractivity contribution in [2.75, 3.05) is 32.1 Å². The van der Waals surface area contributed by atoms with E-state index in [1.54, 1.807) is 10.9 Å². The van der Waals surface area contributed by atoms with Gasteiger partial charge in [0.2, 0.25) is 5.91 Å². The van der Waals surface area contributed by atoms with Crippen LogP contribution in [-0.4, -0.2) is 51.8 Å². The van der Waals surface area contributed by atoms with Gasteiger partial charge in [-0.2, -0.15) is 0 Å². The van der Waals surface area contributed by atoms with Gasteiger partial charge in [-0.3, -0.25) is 9.78 Å². The summed E-state index contributed by atoms with van der Waals surface area (Å²) in [6.45, 7) is 5.08. The lowest BCUT2D eigenvalue weighted by Crippen LogP contribution is -2.26. The van der Waals surface area contributed by atoms with Crippen molar-refractivity contribution in [1.29, 1.82) is 0 Å². The van der Waals surface area contributed by atoms with Crippen LogP contribution in [0.25, 0.3) is 21.9 Å². The first-order valence-electron chi connectivity index (χ1n) is 9.71. The zero-order valence-electron chi connectivity index (χ0n) is 16.1. The van der Waals surface area contributed by atoms with Gasteiger partial charge in [-0.25, -0.2) is 9.66 Å². The minimum atomic E-state index is 0.251. The molecular formula is C20H25N5O3. The number of nitrogen functional groups attached to an aromatic ring is 1. The minimum absolute atomic E-state index is 0.251. The first-order valence-corrected chi connectivity index (χ1v) is 9.71. The zero-order chi connectivity index (χ0) is 19.5. The molecule has 2 aromatic heterocycles. The maximum atomic E-state index is 11.6. The van der Waals surface area contributed by atoms with Crippen molar-refractivity contribution < 1.29 is 14.3 Å². The molecule has 0 bridgehead atoms. The second kappa shape index (κ2) is 8.02. The summed E-state index contributed by atoms with van der Waals surface area (Å²) in [5.74, 6) is 7.91. The number of ether oxygens (including phenoxy) is 2. The fraction of sp³-hybridized carbons (Fsp3) is 0.450. The number of carbonyl (C=O) groups is 1. The van der Waals surface area contributed by atoms with Crippen LogP contribution in [0.1, 0.15) is 32.0 Å². The van der Waals surface area contributed by atoms with Crippen LogP contribution in [0.4, 0.5) is 0 Å². The smallest absolute Gasteiger partial charge is 0.222 e. The maximum absolute atomic E-state index is 11.6. The predicted octanol–water partition coefficient (Wildman–Crippen LogP) is 2.23. The molecule has 0 unspecified atom stereocenters. The first kappa shape index (κ1) is 18.5. The molecule has 3 heterocycles. The summed E-state index contributed by atoms with van der Waals surface area (Å²) >= 11 is 0. The summed E-state index contributed by atoms with van der Waals surface area (Å²) in [5.41, 5.74) is 2.38. The molecule has 1 fully saturated rings. The molecular weight excluding hydrogens is 358 g/mol. The van der Waals surface area contributed by atoms with E-state index in [2.05, 4.69) is 9.97 Å². The van der Waals surface area contributed by atoms with E-state index < -0.39 is 0 Å². The third kappa shape index (κ3) is 3.60. The fourth-order valence-electron chi connectivity index (χ4n) is 3.58. The van der Waals surface area contributed by atoms with Gasteiger partial charge in [0, 0.05) is 37.6 Å². The molecule has 0 aliphatic carbocycles. The largest absolute Gasteiger partial charge is 0.493 e. The average Bonchev–Trinajstić information content (AvgIpc) is 3.26. The highest BCUT2D eigenvalue weighted by Crippen LogP contribution is 2.26. The van der Waals surface area contributed by atoms with Crippen LogP contribution in [0.15, 0.2) is 24.4 Å². The molecule has 0 saturated carbocycles. The lowest BCUT2D eigenvalue weighted by Gasteiger charge is -2.15. The predicted molar refractivity (Wildman–Crippen MR) is 106 cm³/mol. The summed E-state index contributed by atoms with van der Waals surface area (Å²) in [5, 5.41) is 0.922. The molecule has 28 heavy (non-hydrogen) atoms. The highest BCUT2D eigenvalue weighted by atomic mass is 16.5. The number of carbonyl (C=O) groups excluding carboxylic acids is 1.